The first-order valence-corrected chi connectivity index (χ1v) is 29.9. The van der Waals surface area contributed by atoms with Gasteiger partial charge in [-0.05, 0) is 83.5 Å². The van der Waals surface area contributed by atoms with Gasteiger partial charge in [0, 0.05) is 19.3 Å². The number of esters is 3. The Labute approximate surface area is 444 Å². The van der Waals surface area contributed by atoms with Crippen molar-refractivity contribution >= 4 is 17.9 Å². The maximum absolute atomic E-state index is 12.8. The SMILES string of the molecule is CC/C=C\C/C=C\C/C=C\C/C=C\C/C=C\CCCC(=O)OC(COC(=O)CC/C=C\C/C=C\C/C=C\C/C=C\CC)COC(=O)CCCCCCCCCCCCCCCCCCCCCCCCCC. The molecule has 1 unspecified atom stereocenters. The van der Waals surface area contributed by atoms with Crippen LogP contribution >= 0.6 is 0 Å². The summed E-state index contributed by atoms with van der Waals surface area (Å²) >= 11 is 0. The van der Waals surface area contributed by atoms with Crippen LogP contribution in [0.25, 0.3) is 0 Å². The molecule has 0 amide bonds. The van der Waals surface area contributed by atoms with Gasteiger partial charge in [-0.25, -0.2) is 0 Å². The third kappa shape index (κ3) is 57.0. The van der Waals surface area contributed by atoms with E-state index in [9.17, 15) is 14.4 Å². The van der Waals surface area contributed by atoms with E-state index in [-0.39, 0.29) is 44.0 Å². The van der Waals surface area contributed by atoms with Gasteiger partial charge in [0.05, 0.1) is 0 Å². The Morgan fingerprint density at radius 1 is 0.292 bits per heavy atom. The lowest BCUT2D eigenvalue weighted by atomic mass is 10.0. The van der Waals surface area contributed by atoms with Crippen LogP contribution in [-0.4, -0.2) is 37.2 Å². The highest BCUT2D eigenvalue weighted by Crippen LogP contribution is 2.16. The van der Waals surface area contributed by atoms with E-state index >= 15 is 0 Å². The number of rotatable bonds is 53. The third-order valence-electron chi connectivity index (χ3n) is 12.5. The fourth-order valence-electron chi connectivity index (χ4n) is 8.14. The number of hydrogen-bond acceptors (Lipinski definition) is 6. The van der Waals surface area contributed by atoms with Gasteiger partial charge >= 0.3 is 17.9 Å². The lowest BCUT2D eigenvalue weighted by Crippen LogP contribution is -2.30. The second-order valence-electron chi connectivity index (χ2n) is 19.5. The standard InChI is InChI=1S/C66H110O6/c1-4-7-10-13-16-19-22-25-27-29-30-31-32-33-34-35-37-38-41-44-47-50-53-56-59-65(68)71-62-63(61-70-64(67)58-55-52-49-46-43-40-24-21-18-15-12-9-6-3)72-66(69)60-57-54-51-48-45-42-39-36-28-26-23-20-17-14-11-8-5-2/h8-9,11-12,17-18,20-21,26,28,39-40,42-43,48-49,51-52,63H,4-7,10,13-16,19,22-25,27,29-38,41,44-47,50,53-62H2,1-3H3/b11-8-,12-9-,20-17-,21-18-,28-26-,42-39-,43-40-,51-48-,52-49-. The Kier molecular flexibility index (Phi) is 56.4. The smallest absolute Gasteiger partial charge is 0.306 e. The minimum absolute atomic E-state index is 0.122. The van der Waals surface area contributed by atoms with Crippen molar-refractivity contribution in [3.8, 4) is 0 Å². The molecule has 1 atom stereocenters. The molecule has 0 saturated carbocycles. The minimum atomic E-state index is -0.837. The summed E-state index contributed by atoms with van der Waals surface area (Å²) in [5.74, 6) is -1.06. The maximum Gasteiger partial charge on any atom is 0.306 e. The van der Waals surface area contributed by atoms with E-state index in [2.05, 4.69) is 118 Å². The summed E-state index contributed by atoms with van der Waals surface area (Å²) in [4.78, 5) is 38.1. The summed E-state index contributed by atoms with van der Waals surface area (Å²) in [6.07, 6.45) is 81.2. The summed E-state index contributed by atoms with van der Waals surface area (Å²) in [5.41, 5.74) is 0. The van der Waals surface area contributed by atoms with Crippen molar-refractivity contribution < 1.29 is 28.6 Å². The van der Waals surface area contributed by atoms with E-state index in [1.54, 1.807) is 0 Å². The number of unbranched alkanes of at least 4 members (excludes halogenated alkanes) is 24. The number of carbonyl (C=O) groups excluding carboxylic acids is 3. The van der Waals surface area contributed by atoms with Gasteiger partial charge in [0.25, 0.3) is 0 Å². The highest BCUT2D eigenvalue weighted by atomic mass is 16.6. The van der Waals surface area contributed by atoms with Crippen molar-refractivity contribution in [1.82, 2.24) is 0 Å². The molecule has 0 aliphatic rings. The summed E-state index contributed by atoms with van der Waals surface area (Å²) < 4.78 is 16.7. The second kappa shape index (κ2) is 59.6. The monoisotopic (exact) mass is 999 g/mol. The van der Waals surface area contributed by atoms with E-state index in [0.29, 0.717) is 19.3 Å². The Morgan fingerprint density at radius 2 is 0.569 bits per heavy atom. The molecule has 0 heterocycles. The van der Waals surface area contributed by atoms with Crippen LogP contribution < -0.4 is 0 Å². The zero-order valence-corrected chi connectivity index (χ0v) is 46.9. The Balaban J connectivity index is 4.40. The van der Waals surface area contributed by atoms with E-state index in [4.69, 9.17) is 14.2 Å². The van der Waals surface area contributed by atoms with Gasteiger partial charge in [-0.2, -0.15) is 0 Å². The topological polar surface area (TPSA) is 78.9 Å². The molecule has 0 aliphatic carbocycles. The van der Waals surface area contributed by atoms with Crippen LogP contribution in [0.3, 0.4) is 0 Å². The molecule has 0 bridgehead atoms. The molecule has 410 valence electrons. The van der Waals surface area contributed by atoms with Crippen LogP contribution in [0.4, 0.5) is 0 Å². The molecule has 6 nitrogen and oxygen atoms in total. The quantitative estimate of drug-likeness (QED) is 0.0261. The summed E-state index contributed by atoms with van der Waals surface area (Å²) in [5, 5.41) is 0. The molecule has 0 N–H and O–H groups in total. The van der Waals surface area contributed by atoms with Crippen LogP contribution in [-0.2, 0) is 28.6 Å². The van der Waals surface area contributed by atoms with Crippen LogP contribution in [0, 0.1) is 0 Å². The van der Waals surface area contributed by atoms with E-state index < -0.39 is 6.10 Å². The van der Waals surface area contributed by atoms with Gasteiger partial charge < -0.3 is 14.2 Å². The predicted octanol–water partition coefficient (Wildman–Crippen LogP) is 20.3. The van der Waals surface area contributed by atoms with E-state index in [1.807, 2.05) is 12.2 Å². The van der Waals surface area contributed by atoms with Gasteiger partial charge in [-0.1, -0.05) is 278 Å². The summed E-state index contributed by atoms with van der Waals surface area (Å²) in [6.45, 7) is 6.31. The van der Waals surface area contributed by atoms with E-state index in [0.717, 1.165) is 83.5 Å². The molecule has 0 aromatic carbocycles. The van der Waals surface area contributed by atoms with Crippen molar-refractivity contribution in [3.05, 3.63) is 109 Å². The summed E-state index contributed by atoms with van der Waals surface area (Å²) in [6, 6.07) is 0. The first-order chi connectivity index (χ1) is 35.5. The molecule has 6 heteroatoms. The first kappa shape index (κ1) is 68.1. The molecule has 0 aliphatic heterocycles. The molecule has 0 aromatic rings. The third-order valence-corrected chi connectivity index (χ3v) is 12.5. The average Bonchev–Trinajstić information content (AvgIpc) is 3.38. The van der Waals surface area contributed by atoms with Crippen molar-refractivity contribution in [2.75, 3.05) is 13.2 Å². The van der Waals surface area contributed by atoms with Gasteiger partial charge in [0.2, 0.25) is 0 Å². The van der Waals surface area contributed by atoms with Crippen molar-refractivity contribution in [2.45, 2.75) is 277 Å². The Bertz CT molecular complexity index is 1470. The fourth-order valence-corrected chi connectivity index (χ4v) is 8.14. The van der Waals surface area contributed by atoms with Gasteiger partial charge in [-0.3, -0.25) is 14.4 Å². The Morgan fingerprint density at radius 3 is 0.917 bits per heavy atom. The number of ether oxygens (including phenoxy) is 3. The highest BCUT2D eigenvalue weighted by Gasteiger charge is 2.19. The lowest BCUT2D eigenvalue weighted by Gasteiger charge is -2.18. The molecular weight excluding hydrogens is 889 g/mol. The molecule has 0 rings (SSSR count). The van der Waals surface area contributed by atoms with E-state index in [1.165, 1.54) is 135 Å². The maximum atomic E-state index is 12.8. The molecule has 0 spiro atoms. The van der Waals surface area contributed by atoms with Gasteiger partial charge in [0.1, 0.15) is 13.2 Å². The fraction of sp³-hybridized carbons (Fsp3) is 0.682. The van der Waals surface area contributed by atoms with Crippen molar-refractivity contribution in [2.24, 2.45) is 0 Å². The molecule has 0 radical (unpaired) electrons. The van der Waals surface area contributed by atoms with Crippen LogP contribution in [0.5, 0.6) is 0 Å². The minimum Gasteiger partial charge on any atom is -0.462 e. The molecule has 72 heavy (non-hydrogen) atoms. The largest absolute Gasteiger partial charge is 0.462 e. The zero-order chi connectivity index (χ0) is 52.2. The zero-order valence-electron chi connectivity index (χ0n) is 46.9. The highest BCUT2D eigenvalue weighted by molar-refractivity contribution is 5.71. The second-order valence-corrected chi connectivity index (χ2v) is 19.5. The van der Waals surface area contributed by atoms with Gasteiger partial charge in [-0.15, -0.1) is 0 Å². The average molecular weight is 1000 g/mol. The van der Waals surface area contributed by atoms with Gasteiger partial charge in [0.15, 0.2) is 6.10 Å². The number of carbonyl (C=O) groups is 3. The normalized spacial score (nSPS) is 12.9. The van der Waals surface area contributed by atoms with Crippen LogP contribution in [0.15, 0.2) is 109 Å². The molecule has 0 saturated heterocycles. The number of hydrogen-bond donors (Lipinski definition) is 0. The predicted molar refractivity (Wildman–Crippen MR) is 311 cm³/mol. The lowest BCUT2D eigenvalue weighted by molar-refractivity contribution is -0.166. The Hall–Kier alpha value is -3.93. The van der Waals surface area contributed by atoms with Crippen LogP contribution in [0.1, 0.15) is 271 Å². The number of allylic oxidation sites excluding steroid dienone is 18. The first-order valence-electron chi connectivity index (χ1n) is 29.9. The molecule has 0 fully saturated rings. The summed E-state index contributed by atoms with van der Waals surface area (Å²) in [7, 11) is 0. The van der Waals surface area contributed by atoms with Crippen LogP contribution in [0.2, 0.25) is 0 Å². The molecule has 0 aromatic heterocycles. The van der Waals surface area contributed by atoms with Crippen molar-refractivity contribution in [3.63, 3.8) is 0 Å². The molecular formula is C66H110O6. The van der Waals surface area contributed by atoms with Crippen molar-refractivity contribution in [1.29, 1.82) is 0 Å².